The highest BCUT2D eigenvalue weighted by atomic mass is 31.0. The highest BCUT2D eigenvalue weighted by molar-refractivity contribution is 7.40. The maximum Gasteiger partial charge on any atom is 0.165 e. The fraction of sp³-hybridized carbons (Fsp3) is 0. The smallest absolute Gasteiger partial charge is 0.165 e. The normalized spacial score (nSPS) is 11.5. The minimum atomic E-state index is -0.0853. The molecule has 0 spiro atoms. The minimum Gasteiger partial charge on any atom is -0.504 e. The molecule has 3 heteroatoms. The van der Waals surface area contributed by atoms with E-state index in [1.54, 1.807) is 6.07 Å². The summed E-state index contributed by atoms with van der Waals surface area (Å²) in [6, 6.07) is 21.8. The Hall–Kier alpha value is -2.57. The van der Waals surface area contributed by atoms with Crippen LogP contribution in [-0.4, -0.2) is 10.2 Å². The topological polar surface area (TPSA) is 40.5 Å². The zero-order valence-corrected chi connectivity index (χ0v) is 12.6. The van der Waals surface area contributed by atoms with E-state index in [1.165, 1.54) is 27.3 Å². The molecule has 2 N–H and O–H groups in total. The fourth-order valence-electron chi connectivity index (χ4n) is 2.77. The van der Waals surface area contributed by atoms with Gasteiger partial charge in [-0.05, 0) is 34.4 Å². The van der Waals surface area contributed by atoms with Crippen LogP contribution in [0.4, 0.5) is 0 Å². The molecule has 0 bridgehead atoms. The largest absolute Gasteiger partial charge is 0.504 e. The third-order valence-corrected chi connectivity index (χ3v) is 5.15. The van der Waals surface area contributed by atoms with Gasteiger partial charge in [0.05, 0.1) is 0 Å². The first-order valence-electron chi connectivity index (χ1n) is 7.04. The Morgan fingerprint density at radius 1 is 0.682 bits per heavy atom. The lowest BCUT2D eigenvalue weighted by Gasteiger charge is -2.08. The van der Waals surface area contributed by atoms with Gasteiger partial charge in [0.15, 0.2) is 11.5 Å². The van der Waals surface area contributed by atoms with Crippen molar-refractivity contribution in [3.05, 3.63) is 66.7 Å². The van der Waals surface area contributed by atoms with E-state index < -0.39 is 0 Å². The number of para-hydroxylation sites is 1. The van der Waals surface area contributed by atoms with E-state index in [-0.39, 0.29) is 11.5 Å². The van der Waals surface area contributed by atoms with Gasteiger partial charge in [-0.2, -0.15) is 0 Å². The summed E-state index contributed by atoms with van der Waals surface area (Å²) in [4.78, 5) is 0. The minimum absolute atomic E-state index is 0.0566. The standard InChI is InChI=1S/C19H13O2P/c20-16-7-3-6-15(19(16)21)18-11-9-14-13-5-2-1-4-12(13)8-10-17(14)22-18/h1-11,20-21H. The average Bonchev–Trinajstić information content (AvgIpc) is 2.57. The van der Waals surface area contributed by atoms with Gasteiger partial charge >= 0.3 is 0 Å². The van der Waals surface area contributed by atoms with E-state index in [2.05, 4.69) is 30.3 Å². The van der Waals surface area contributed by atoms with Crippen LogP contribution in [0, 0.1) is 0 Å². The van der Waals surface area contributed by atoms with Gasteiger partial charge in [-0.3, -0.25) is 0 Å². The molecular formula is C19H13O2P. The molecule has 0 aliphatic heterocycles. The summed E-state index contributed by atoms with van der Waals surface area (Å²) in [6.45, 7) is 0. The lowest BCUT2D eigenvalue weighted by atomic mass is 10.1. The summed E-state index contributed by atoms with van der Waals surface area (Å²) < 4.78 is 0. The Morgan fingerprint density at radius 2 is 1.55 bits per heavy atom. The van der Waals surface area contributed by atoms with E-state index in [1.807, 2.05) is 24.3 Å². The van der Waals surface area contributed by atoms with Crippen molar-refractivity contribution in [3.63, 3.8) is 0 Å². The van der Waals surface area contributed by atoms with Crippen molar-refractivity contribution in [3.8, 4) is 22.4 Å². The molecule has 0 atom stereocenters. The third kappa shape index (κ3) is 2.01. The van der Waals surface area contributed by atoms with Crippen LogP contribution in [0.3, 0.4) is 0 Å². The summed E-state index contributed by atoms with van der Waals surface area (Å²) in [5.74, 6) is -0.142. The van der Waals surface area contributed by atoms with Crippen molar-refractivity contribution < 1.29 is 10.2 Å². The second kappa shape index (κ2) is 5.01. The monoisotopic (exact) mass is 304 g/mol. The first-order valence-corrected chi connectivity index (χ1v) is 7.93. The molecule has 0 saturated carbocycles. The molecule has 0 fully saturated rings. The molecule has 0 radical (unpaired) electrons. The predicted octanol–water partition coefficient (Wildman–Crippen LogP) is 5.65. The quantitative estimate of drug-likeness (QED) is 0.352. The highest BCUT2D eigenvalue weighted by Crippen LogP contribution is 2.43. The molecule has 0 saturated heterocycles. The summed E-state index contributed by atoms with van der Waals surface area (Å²) in [5.41, 5.74) is 0.678. The van der Waals surface area contributed by atoms with Crippen LogP contribution >= 0.6 is 8.19 Å². The Kier molecular flexibility index (Phi) is 2.99. The molecule has 0 aliphatic carbocycles. The average molecular weight is 304 g/mol. The maximum absolute atomic E-state index is 10.1. The van der Waals surface area contributed by atoms with Crippen LogP contribution in [0.1, 0.15) is 0 Å². The lowest BCUT2D eigenvalue weighted by Crippen LogP contribution is -1.79. The molecule has 0 amide bonds. The number of hydrogen-bond donors (Lipinski definition) is 2. The summed E-state index contributed by atoms with van der Waals surface area (Å²) in [7, 11) is 1.03. The van der Waals surface area contributed by atoms with Gasteiger partial charge < -0.3 is 10.2 Å². The molecule has 1 aromatic heterocycles. The molecule has 0 unspecified atom stereocenters. The van der Waals surface area contributed by atoms with Gasteiger partial charge in [-0.15, -0.1) is 0 Å². The molecule has 3 aromatic carbocycles. The van der Waals surface area contributed by atoms with Gasteiger partial charge in [-0.1, -0.05) is 56.7 Å². The number of benzene rings is 3. The molecule has 2 nitrogen and oxygen atoms in total. The van der Waals surface area contributed by atoms with Crippen molar-refractivity contribution in [2.75, 3.05) is 0 Å². The predicted molar refractivity (Wildman–Crippen MR) is 92.7 cm³/mol. The fourth-order valence-corrected chi connectivity index (χ4v) is 3.95. The Morgan fingerprint density at radius 3 is 2.45 bits per heavy atom. The molecule has 4 aromatic rings. The molecule has 0 aliphatic rings. The van der Waals surface area contributed by atoms with Crippen LogP contribution in [0.5, 0.6) is 11.5 Å². The number of phenolic OH excluding ortho intramolecular Hbond substituents is 2. The van der Waals surface area contributed by atoms with Gasteiger partial charge in [0.25, 0.3) is 0 Å². The van der Waals surface area contributed by atoms with E-state index in [0.717, 1.165) is 13.5 Å². The molecule has 22 heavy (non-hydrogen) atoms. The van der Waals surface area contributed by atoms with Crippen molar-refractivity contribution in [1.82, 2.24) is 0 Å². The number of rotatable bonds is 1. The number of hydrogen-bond acceptors (Lipinski definition) is 2. The second-order valence-corrected chi connectivity index (χ2v) is 6.41. The first-order chi connectivity index (χ1) is 10.7. The van der Waals surface area contributed by atoms with Gasteiger partial charge in [-0.25, -0.2) is 0 Å². The van der Waals surface area contributed by atoms with E-state index in [4.69, 9.17) is 0 Å². The molecular weight excluding hydrogens is 291 g/mol. The van der Waals surface area contributed by atoms with Crippen LogP contribution in [0.15, 0.2) is 66.7 Å². The van der Waals surface area contributed by atoms with E-state index >= 15 is 0 Å². The van der Waals surface area contributed by atoms with Crippen LogP contribution in [0.25, 0.3) is 32.1 Å². The van der Waals surface area contributed by atoms with Crippen molar-refractivity contribution in [2.45, 2.75) is 0 Å². The first kappa shape index (κ1) is 13.1. The molecule has 106 valence electrons. The number of phenols is 2. The Labute approximate surface area is 129 Å². The van der Waals surface area contributed by atoms with Crippen molar-refractivity contribution in [1.29, 1.82) is 0 Å². The Bertz CT molecular complexity index is 1010. The van der Waals surface area contributed by atoms with Crippen LogP contribution in [-0.2, 0) is 0 Å². The SMILES string of the molecule is Oc1cccc(-c2ccc3c(ccc4ccccc43)p2)c1O. The van der Waals surface area contributed by atoms with Gasteiger partial charge in [0, 0.05) is 16.0 Å². The van der Waals surface area contributed by atoms with Crippen LogP contribution < -0.4 is 0 Å². The van der Waals surface area contributed by atoms with Crippen molar-refractivity contribution in [2.24, 2.45) is 0 Å². The lowest BCUT2D eigenvalue weighted by molar-refractivity contribution is 0.405. The zero-order chi connectivity index (χ0) is 15.1. The van der Waals surface area contributed by atoms with Crippen LogP contribution in [0.2, 0.25) is 0 Å². The number of fused-ring (bicyclic) bond motifs is 3. The second-order valence-electron chi connectivity index (χ2n) is 5.22. The van der Waals surface area contributed by atoms with E-state index in [0.29, 0.717) is 5.56 Å². The highest BCUT2D eigenvalue weighted by Gasteiger charge is 2.10. The van der Waals surface area contributed by atoms with Gasteiger partial charge in [0.1, 0.15) is 0 Å². The summed E-state index contributed by atoms with van der Waals surface area (Å²) >= 11 is 0. The Balaban J connectivity index is 1.98. The number of aromatic hydroxyl groups is 2. The van der Waals surface area contributed by atoms with Crippen molar-refractivity contribution >= 4 is 29.5 Å². The van der Waals surface area contributed by atoms with E-state index in [9.17, 15) is 10.2 Å². The maximum atomic E-state index is 10.1. The third-order valence-electron chi connectivity index (χ3n) is 3.89. The summed E-state index contributed by atoms with van der Waals surface area (Å²) in [6.07, 6.45) is 0. The zero-order valence-electron chi connectivity index (χ0n) is 11.7. The van der Waals surface area contributed by atoms with Gasteiger partial charge in [0.2, 0.25) is 0 Å². The summed E-state index contributed by atoms with van der Waals surface area (Å²) in [5, 5.41) is 25.6. The molecule has 4 rings (SSSR count). The molecule has 1 heterocycles.